The van der Waals surface area contributed by atoms with Crippen molar-refractivity contribution < 1.29 is 4.79 Å². The molecule has 1 heterocycles. The van der Waals surface area contributed by atoms with Gasteiger partial charge in [0.05, 0.1) is 5.52 Å². The molecule has 0 aliphatic carbocycles. The molecule has 0 fully saturated rings. The molecule has 2 amide bonds. The van der Waals surface area contributed by atoms with Gasteiger partial charge in [-0.25, -0.2) is 9.78 Å². The summed E-state index contributed by atoms with van der Waals surface area (Å²) in [6.07, 6.45) is 0. The lowest BCUT2D eigenvalue weighted by Gasteiger charge is -1.94. The Hall–Kier alpha value is -1.56. The van der Waals surface area contributed by atoms with Crippen LogP contribution in [0.4, 0.5) is 10.7 Å². The number of carbonyl (C=O) groups is 1. The number of carbonyl (C=O) groups excluding carboxylic acids is 1. The van der Waals surface area contributed by atoms with Gasteiger partial charge < -0.3 is 10.7 Å². The van der Waals surface area contributed by atoms with E-state index in [0.717, 1.165) is 21.1 Å². The summed E-state index contributed by atoms with van der Waals surface area (Å²) in [6, 6.07) is 3.26. The molecular weight excluding hydrogens is 260 g/mol. The van der Waals surface area contributed by atoms with Crippen molar-refractivity contribution in [2.75, 3.05) is 5.32 Å². The SMILES string of the molecule is Cc1cc(Br)c2nc(NC(N)=O)[nH]c2c1. The van der Waals surface area contributed by atoms with Crippen molar-refractivity contribution in [3.05, 3.63) is 22.2 Å². The standard InChI is InChI=1S/C9H9BrN4O/c1-4-2-5(10)7-6(3-4)12-9(13-7)14-8(11)15/h2-3H,1H3,(H4,11,12,13,14,15). The highest BCUT2D eigenvalue weighted by atomic mass is 79.9. The summed E-state index contributed by atoms with van der Waals surface area (Å²) < 4.78 is 0.881. The van der Waals surface area contributed by atoms with Crippen LogP contribution in [0.1, 0.15) is 5.56 Å². The molecule has 15 heavy (non-hydrogen) atoms. The van der Waals surface area contributed by atoms with Gasteiger partial charge in [0, 0.05) is 4.47 Å². The number of nitrogens with zero attached hydrogens (tertiary/aromatic N) is 1. The smallest absolute Gasteiger partial charge is 0.318 e. The van der Waals surface area contributed by atoms with Gasteiger partial charge >= 0.3 is 6.03 Å². The molecule has 0 spiro atoms. The van der Waals surface area contributed by atoms with Crippen molar-refractivity contribution in [3.63, 3.8) is 0 Å². The largest absolute Gasteiger partial charge is 0.351 e. The van der Waals surface area contributed by atoms with E-state index in [2.05, 4.69) is 31.2 Å². The van der Waals surface area contributed by atoms with Crippen molar-refractivity contribution >= 4 is 38.9 Å². The van der Waals surface area contributed by atoms with Crippen LogP contribution >= 0.6 is 15.9 Å². The summed E-state index contributed by atoms with van der Waals surface area (Å²) in [5.74, 6) is 0.351. The third-order valence-electron chi connectivity index (χ3n) is 1.93. The summed E-state index contributed by atoms with van der Waals surface area (Å²) in [5.41, 5.74) is 7.71. The van der Waals surface area contributed by atoms with Gasteiger partial charge in [0.2, 0.25) is 5.95 Å². The molecule has 78 valence electrons. The number of fused-ring (bicyclic) bond motifs is 1. The van der Waals surface area contributed by atoms with Crippen LogP contribution in [0, 0.1) is 6.92 Å². The zero-order chi connectivity index (χ0) is 11.0. The van der Waals surface area contributed by atoms with E-state index in [0.29, 0.717) is 5.95 Å². The molecule has 0 aliphatic rings. The number of aromatic nitrogens is 2. The maximum atomic E-state index is 10.6. The molecule has 2 aromatic rings. The van der Waals surface area contributed by atoms with Crippen LogP contribution in [-0.2, 0) is 0 Å². The fourth-order valence-electron chi connectivity index (χ4n) is 1.39. The van der Waals surface area contributed by atoms with Gasteiger partial charge in [0.15, 0.2) is 0 Å². The van der Waals surface area contributed by atoms with Crippen molar-refractivity contribution in [2.45, 2.75) is 6.92 Å². The minimum Gasteiger partial charge on any atom is -0.351 e. The normalized spacial score (nSPS) is 10.5. The Morgan fingerprint density at radius 1 is 1.60 bits per heavy atom. The number of benzene rings is 1. The summed E-state index contributed by atoms with van der Waals surface area (Å²) >= 11 is 3.40. The topological polar surface area (TPSA) is 83.8 Å². The molecule has 4 N–H and O–H groups in total. The number of imidazole rings is 1. The first kappa shape index (κ1) is 9.97. The third-order valence-corrected chi connectivity index (χ3v) is 2.53. The van der Waals surface area contributed by atoms with E-state index in [-0.39, 0.29) is 0 Å². The fraction of sp³-hybridized carbons (Fsp3) is 0.111. The number of hydrogen-bond donors (Lipinski definition) is 3. The van der Waals surface area contributed by atoms with E-state index in [1.54, 1.807) is 0 Å². The number of H-pyrrole nitrogens is 1. The summed E-state index contributed by atoms with van der Waals surface area (Å²) in [4.78, 5) is 17.8. The molecule has 1 aromatic carbocycles. The zero-order valence-corrected chi connectivity index (χ0v) is 9.55. The van der Waals surface area contributed by atoms with Gasteiger partial charge in [-0.05, 0) is 40.5 Å². The predicted molar refractivity (Wildman–Crippen MR) is 61.7 cm³/mol. The number of aryl methyl sites for hydroxylation is 1. The lowest BCUT2D eigenvalue weighted by Crippen LogP contribution is -2.19. The maximum Gasteiger partial charge on any atom is 0.318 e. The highest BCUT2D eigenvalue weighted by molar-refractivity contribution is 9.10. The van der Waals surface area contributed by atoms with Crippen LogP contribution < -0.4 is 11.1 Å². The molecule has 0 aliphatic heterocycles. The van der Waals surface area contributed by atoms with Gasteiger partial charge in [-0.1, -0.05) is 0 Å². The van der Waals surface area contributed by atoms with Gasteiger partial charge in [-0.3, -0.25) is 5.32 Å². The number of nitrogens with two attached hydrogens (primary N) is 1. The summed E-state index contributed by atoms with van der Waals surface area (Å²) in [5, 5.41) is 2.39. The van der Waals surface area contributed by atoms with Gasteiger partial charge in [-0.15, -0.1) is 0 Å². The fourth-order valence-corrected chi connectivity index (χ4v) is 2.05. The zero-order valence-electron chi connectivity index (χ0n) is 7.97. The number of anilines is 1. The number of urea groups is 1. The molecule has 0 unspecified atom stereocenters. The molecular formula is C9H9BrN4O. The maximum absolute atomic E-state index is 10.6. The third kappa shape index (κ3) is 1.94. The van der Waals surface area contributed by atoms with Crippen molar-refractivity contribution in [1.29, 1.82) is 0 Å². The minimum absolute atomic E-state index is 0.351. The highest BCUT2D eigenvalue weighted by Gasteiger charge is 2.07. The average Bonchev–Trinajstić information content (AvgIpc) is 2.45. The molecule has 0 atom stereocenters. The number of nitrogens with one attached hydrogen (secondary N) is 2. The molecule has 1 aromatic heterocycles. The first-order valence-corrected chi connectivity index (χ1v) is 5.08. The number of rotatable bonds is 1. The second-order valence-electron chi connectivity index (χ2n) is 3.22. The molecule has 5 nitrogen and oxygen atoms in total. The van der Waals surface area contributed by atoms with Crippen LogP contribution in [0.15, 0.2) is 16.6 Å². The van der Waals surface area contributed by atoms with E-state index >= 15 is 0 Å². The number of primary amides is 1. The second kappa shape index (κ2) is 3.54. The Bertz CT molecular complexity index is 534. The molecule has 0 bridgehead atoms. The Morgan fingerprint density at radius 3 is 3.00 bits per heavy atom. The molecule has 0 radical (unpaired) electrons. The molecule has 0 saturated heterocycles. The predicted octanol–water partition coefficient (Wildman–Crippen LogP) is 2.12. The summed E-state index contributed by atoms with van der Waals surface area (Å²) in [7, 11) is 0. The van der Waals surface area contributed by atoms with Crippen LogP contribution in [0.3, 0.4) is 0 Å². The van der Waals surface area contributed by atoms with Crippen LogP contribution in [-0.4, -0.2) is 16.0 Å². The lowest BCUT2D eigenvalue weighted by atomic mass is 10.2. The lowest BCUT2D eigenvalue weighted by molar-refractivity contribution is 0.259. The number of aromatic amines is 1. The quantitative estimate of drug-likeness (QED) is 0.740. The van der Waals surface area contributed by atoms with E-state index in [1.807, 2.05) is 19.1 Å². The van der Waals surface area contributed by atoms with Gasteiger partial charge in [-0.2, -0.15) is 0 Å². The molecule has 2 rings (SSSR count). The van der Waals surface area contributed by atoms with Crippen molar-refractivity contribution in [1.82, 2.24) is 9.97 Å². The molecule has 6 heteroatoms. The first-order chi connectivity index (χ1) is 7.06. The first-order valence-electron chi connectivity index (χ1n) is 4.28. The number of hydrogen-bond acceptors (Lipinski definition) is 2. The van der Waals surface area contributed by atoms with Crippen molar-refractivity contribution in [2.24, 2.45) is 5.73 Å². The highest BCUT2D eigenvalue weighted by Crippen LogP contribution is 2.24. The van der Waals surface area contributed by atoms with E-state index in [9.17, 15) is 4.79 Å². The van der Waals surface area contributed by atoms with Gasteiger partial charge in [0.25, 0.3) is 0 Å². The Balaban J connectivity index is 2.55. The number of halogens is 1. The van der Waals surface area contributed by atoms with Crippen LogP contribution in [0.2, 0.25) is 0 Å². The Labute approximate surface area is 94.2 Å². The average molecular weight is 269 g/mol. The number of amides is 2. The molecule has 0 saturated carbocycles. The Morgan fingerprint density at radius 2 is 2.33 bits per heavy atom. The minimum atomic E-state index is -0.637. The van der Waals surface area contributed by atoms with Crippen molar-refractivity contribution in [3.8, 4) is 0 Å². The second-order valence-corrected chi connectivity index (χ2v) is 4.07. The van der Waals surface area contributed by atoms with E-state index < -0.39 is 6.03 Å². The van der Waals surface area contributed by atoms with E-state index in [4.69, 9.17) is 5.73 Å². The van der Waals surface area contributed by atoms with Gasteiger partial charge in [0.1, 0.15) is 5.52 Å². The van der Waals surface area contributed by atoms with Crippen LogP contribution in [0.25, 0.3) is 11.0 Å². The Kier molecular flexibility index (Phi) is 2.36. The monoisotopic (exact) mass is 268 g/mol. The van der Waals surface area contributed by atoms with Crippen LogP contribution in [0.5, 0.6) is 0 Å². The van der Waals surface area contributed by atoms with E-state index in [1.165, 1.54) is 0 Å². The summed E-state index contributed by atoms with van der Waals surface area (Å²) in [6.45, 7) is 1.98.